The van der Waals surface area contributed by atoms with Gasteiger partial charge in [-0.1, -0.05) is 31.5 Å². The highest BCUT2D eigenvalue weighted by Gasteiger charge is 2.21. The second-order valence-electron chi connectivity index (χ2n) is 6.93. The van der Waals surface area contributed by atoms with Crippen LogP contribution in [-0.2, 0) is 14.8 Å². The van der Waals surface area contributed by atoms with Crippen LogP contribution in [0, 0.1) is 32.6 Å². The molecule has 5 nitrogen and oxygen atoms in total. The number of carbonyl (C=O) groups is 1. The van der Waals surface area contributed by atoms with Gasteiger partial charge in [0.05, 0.1) is 10.8 Å². The van der Waals surface area contributed by atoms with E-state index in [2.05, 4.69) is 4.72 Å². The summed E-state index contributed by atoms with van der Waals surface area (Å²) in [6.07, 6.45) is 1.59. The largest absolute Gasteiger partial charge is 0.481 e. The summed E-state index contributed by atoms with van der Waals surface area (Å²) in [5.41, 5.74) is 2.48. The minimum absolute atomic E-state index is 0.247. The third kappa shape index (κ3) is 5.91. The molecular formula is C18H29NO4S. The summed E-state index contributed by atoms with van der Waals surface area (Å²) >= 11 is 0. The van der Waals surface area contributed by atoms with Crippen LogP contribution in [0.1, 0.15) is 49.8 Å². The molecule has 0 fully saturated rings. The number of aliphatic carboxylic acids is 1. The van der Waals surface area contributed by atoms with E-state index >= 15 is 0 Å². The van der Waals surface area contributed by atoms with Crippen LogP contribution in [0.2, 0.25) is 0 Å². The molecule has 0 radical (unpaired) electrons. The molecule has 136 valence electrons. The van der Waals surface area contributed by atoms with Gasteiger partial charge in [-0.05, 0) is 57.1 Å². The maximum Gasteiger partial charge on any atom is 0.306 e. The maximum absolute atomic E-state index is 12.5. The zero-order valence-corrected chi connectivity index (χ0v) is 16.0. The van der Waals surface area contributed by atoms with E-state index in [4.69, 9.17) is 0 Å². The third-order valence-corrected chi connectivity index (χ3v) is 5.77. The molecule has 6 heteroatoms. The minimum Gasteiger partial charge on any atom is -0.481 e. The predicted octanol–water partition coefficient (Wildman–Crippen LogP) is 3.42. The summed E-state index contributed by atoms with van der Waals surface area (Å²) in [5.74, 6) is -0.921. The molecule has 0 spiro atoms. The summed E-state index contributed by atoms with van der Waals surface area (Å²) < 4.78 is 27.6. The summed E-state index contributed by atoms with van der Waals surface area (Å²) in [6.45, 7) is 9.74. The van der Waals surface area contributed by atoms with E-state index < -0.39 is 21.9 Å². The maximum atomic E-state index is 12.5. The highest BCUT2D eigenvalue weighted by molar-refractivity contribution is 7.89. The number of carboxylic acid groups (broad SMARTS) is 1. The average molecular weight is 356 g/mol. The lowest BCUT2D eigenvalue weighted by atomic mass is 9.93. The third-order valence-electron chi connectivity index (χ3n) is 4.00. The van der Waals surface area contributed by atoms with Gasteiger partial charge in [0.15, 0.2) is 0 Å². The molecule has 0 saturated carbocycles. The monoisotopic (exact) mass is 355 g/mol. The van der Waals surface area contributed by atoms with Gasteiger partial charge in [0, 0.05) is 6.54 Å². The van der Waals surface area contributed by atoms with Gasteiger partial charge in [0.25, 0.3) is 0 Å². The number of benzene rings is 1. The molecular weight excluding hydrogens is 326 g/mol. The quantitative estimate of drug-likeness (QED) is 0.665. The number of aryl methyl sites for hydroxylation is 3. The molecule has 0 unspecified atom stereocenters. The Hall–Kier alpha value is -1.40. The average Bonchev–Trinajstić information content (AvgIpc) is 2.39. The number of hydrogen-bond donors (Lipinski definition) is 2. The van der Waals surface area contributed by atoms with Crippen LogP contribution in [0.5, 0.6) is 0 Å². The van der Waals surface area contributed by atoms with Crippen LogP contribution in [0.4, 0.5) is 0 Å². The van der Waals surface area contributed by atoms with Crippen molar-refractivity contribution in [2.75, 3.05) is 6.54 Å². The van der Waals surface area contributed by atoms with Crippen molar-refractivity contribution in [3.63, 3.8) is 0 Å². The van der Waals surface area contributed by atoms with Gasteiger partial charge in [0.1, 0.15) is 0 Å². The zero-order chi connectivity index (χ0) is 18.5. The first kappa shape index (κ1) is 20.6. The van der Waals surface area contributed by atoms with Gasteiger partial charge in [-0.25, -0.2) is 13.1 Å². The van der Waals surface area contributed by atoms with E-state index in [9.17, 15) is 18.3 Å². The van der Waals surface area contributed by atoms with Crippen LogP contribution in [0.15, 0.2) is 17.0 Å². The van der Waals surface area contributed by atoms with Gasteiger partial charge in [0.2, 0.25) is 10.0 Å². The molecule has 1 rings (SSSR count). The van der Waals surface area contributed by atoms with Gasteiger partial charge >= 0.3 is 5.97 Å². The minimum atomic E-state index is -3.58. The summed E-state index contributed by atoms with van der Waals surface area (Å²) in [7, 11) is -3.58. The fourth-order valence-electron chi connectivity index (χ4n) is 3.13. The van der Waals surface area contributed by atoms with Gasteiger partial charge in [-0.3, -0.25) is 4.79 Å². The van der Waals surface area contributed by atoms with Crippen molar-refractivity contribution in [2.45, 2.75) is 58.8 Å². The lowest BCUT2D eigenvalue weighted by Gasteiger charge is -2.16. The normalized spacial score (nSPS) is 13.2. The predicted molar refractivity (Wildman–Crippen MR) is 95.7 cm³/mol. The Morgan fingerprint density at radius 1 is 1.17 bits per heavy atom. The van der Waals surface area contributed by atoms with Crippen LogP contribution >= 0.6 is 0 Å². The second-order valence-corrected chi connectivity index (χ2v) is 8.64. The lowest BCUT2D eigenvalue weighted by molar-refractivity contribution is -0.142. The van der Waals surface area contributed by atoms with Gasteiger partial charge in [-0.15, -0.1) is 0 Å². The highest BCUT2D eigenvalue weighted by Crippen LogP contribution is 2.22. The molecule has 1 aromatic rings. The van der Waals surface area contributed by atoms with Crippen molar-refractivity contribution in [1.82, 2.24) is 4.72 Å². The van der Waals surface area contributed by atoms with Crippen LogP contribution in [-0.4, -0.2) is 26.0 Å². The standard InChI is InChI=1S/C18H29NO4S/c1-12(2)9-16(18(20)21)7-6-8-19-24(22,23)17-14(4)10-13(3)11-15(17)5/h10-12,16,19H,6-9H2,1-5H3,(H,20,21)/t16-/m0/s1. The lowest BCUT2D eigenvalue weighted by Crippen LogP contribution is -2.27. The molecule has 0 aliphatic rings. The smallest absolute Gasteiger partial charge is 0.306 e. The summed E-state index contributed by atoms with van der Waals surface area (Å²) in [6, 6.07) is 3.70. The van der Waals surface area contributed by atoms with E-state index in [0.717, 1.165) is 16.7 Å². The Labute approximate surface area is 145 Å². The van der Waals surface area contributed by atoms with Crippen molar-refractivity contribution >= 4 is 16.0 Å². The van der Waals surface area contributed by atoms with E-state index in [1.807, 2.05) is 32.9 Å². The van der Waals surface area contributed by atoms with Crippen molar-refractivity contribution in [3.05, 3.63) is 28.8 Å². The van der Waals surface area contributed by atoms with Crippen LogP contribution in [0.3, 0.4) is 0 Å². The number of rotatable bonds is 9. The molecule has 0 amide bonds. The first-order valence-electron chi connectivity index (χ1n) is 8.35. The molecule has 1 aromatic carbocycles. The Morgan fingerprint density at radius 3 is 2.17 bits per heavy atom. The molecule has 24 heavy (non-hydrogen) atoms. The molecule has 0 bridgehead atoms. The summed E-state index contributed by atoms with van der Waals surface area (Å²) in [4.78, 5) is 11.6. The molecule has 2 N–H and O–H groups in total. The van der Waals surface area contributed by atoms with E-state index in [1.54, 1.807) is 13.8 Å². The van der Waals surface area contributed by atoms with Crippen LogP contribution in [0.25, 0.3) is 0 Å². The van der Waals surface area contributed by atoms with Gasteiger partial charge in [-0.2, -0.15) is 0 Å². The van der Waals surface area contributed by atoms with E-state index in [-0.39, 0.29) is 6.54 Å². The molecule has 0 heterocycles. The van der Waals surface area contributed by atoms with E-state index in [1.165, 1.54) is 0 Å². The SMILES string of the molecule is Cc1cc(C)c(S(=O)(=O)NCCC[C@@H](CC(C)C)C(=O)O)c(C)c1. The van der Waals surface area contributed by atoms with Crippen molar-refractivity contribution in [3.8, 4) is 0 Å². The summed E-state index contributed by atoms with van der Waals surface area (Å²) in [5, 5.41) is 9.22. The second kappa shape index (κ2) is 8.62. The van der Waals surface area contributed by atoms with Crippen molar-refractivity contribution in [1.29, 1.82) is 0 Å². The molecule has 0 aliphatic carbocycles. The zero-order valence-electron chi connectivity index (χ0n) is 15.2. The highest BCUT2D eigenvalue weighted by atomic mass is 32.2. The molecule has 0 aromatic heterocycles. The Balaban J connectivity index is 2.69. The van der Waals surface area contributed by atoms with Gasteiger partial charge < -0.3 is 5.11 Å². The van der Waals surface area contributed by atoms with E-state index in [0.29, 0.717) is 30.1 Å². The number of carboxylic acids is 1. The Morgan fingerprint density at radius 2 is 1.71 bits per heavy atom. The fraction of sp³-hybridized carbons (Fsp3) is 0.611. The van der Waals surface area contributed by atoms with Crippen LogP contribution < -0.4 is 4.72 Å². The topological polar surface area (TPSA) is 83.5 Å². The number of sulfonamides is 1. The number of hydrogen-bond acceptors (Lipinski definition) is 3. The first-order valence-corrected chi connectivity index (χ1v) is 9.83. The molecule has 0 aliphatic heterocycles. The first-order chi connectivity index (χ1) is 11.0. The number of nitrogens with one attached hydrogen (secondary N) is 1. The molecule has 0 saturated heterocycles. The Bertz CT molecular complexity index is 657. The Kier molecular flexibility index (Phi) is 7.42. The fourth-order valence-corrected chi connectivity index (χ4v) is 4.65. The van der Waals surface area contributed by atoms with Crippen molar-refractivity contribution in [2.24, 2.45) is 11.8 Å². The molecule has 1 atom stereocenters. The van der Waals surface area contributed by atoms with Crippen molar-refractivity contribution < 1.29 is 18.3 Å².